The molecule has 0 unspecified atom stereocenters. The summed E-state index contributed by atoms with van der Waals surface area (Å²) in [5.41, 5.74) is 0.979. The van der Waals surface area contributed by atoms with Crippen molar-refractivity contribution in [1.29, 1.82) is 0 Å². The summed E-state index contributed by atoms with van der Waals surface area (Å²) in [6.45, 7) is 0. The quantitative estimate of drug-likeness (QED) is 0.252. The zero-order valence-corrected chi connectivity index (χ0v) is 18.1. The van der Waals surface area contributed by atoms with Gasteiger partial charge in [-0.2, -0.15) is 0 Å². The molecule has 31 heavy (non-hydrogen) atoms. The SMILES string of the molecule is O=C(CSc1cccc(NC(=O)c2cccc([N+](=O)[O-])c2)c1)Nc1ccc(Cl)cc1Cl. The lowest BCUT2D eigenvalue weighted by Gasteiger charge is -2.09. The van der Waals surface area contributed by atoms with E-state index >= 15 is 0 Å². The number of carbonyl (C=O) groups excluding carboxylic acids is 2. The number of nitro groups is 1. The third-order valence-electron chi connectivity index (χ3n) is 3.99. The minimum Gasteiger partial charge on any atom is -0.324 e. The molecule has 7 nitrogen and oxygen atoms in total. The van der Waals surface area contributed by atoms with Gasteiger partial charge >= 0.3 is 0 Å². The van der Waals surface area contributed by atoms with Gasteiger partial charge in [0.2, 0.25) is 5.91 Å². The highest BCUT2D eigenvalue weighted by Crippen LogP contribution is 2.27. The fourth-order valence-corrected chi connectivity index (χ4v) is 3.76. The third kappa shape index (κ3) is 6.45. The first-order chi connectivity index (χ1) is 14.8. The van der Waals surface area contributed by atoms with Crippen molar-refractivity contribution in [2.75, 3.05) is 16.4 Å². The Kier molecular flexibility index (Phi) is 7.51. The Hall–Kier alpha value is -3.07. The van der Waals surface area contributed by atoms with Gasteiger partial charge in [-0.3, -0.25) is 19.7 Å². The maximum absolute atomic E-state index is 12.4. The number of halogens is 2. The van der Waals surface area contributed by atoms with Crippen LogP contribution >= 0.6 is 35.0 Å². The Morgan fingerprint density at radius 2 is 1.74 bits per heavy atom. The van der Waals surface area contributed by atoms with Crippen LogP contribution in [0.3, 0.4) is 0 Å². The molecule has 0 aliphatic heterocycles. The Morgan fingerprint density at radius 3 is 2.48 bits per heavy atom. The first-order valence-corrected chi connectivity index (χ1v) is 10.6. The molecule has 0 aromatic heterocycles. The van der Waals surface area contributed by atoms with Crippen LogP contribution in [0.2, 0.25) is 10.0 Å². The number of hydrogen-bond donors (Lipinski definition) is 2. The molecule has 3 aromatic carbocycles. The van der Waals surface area contributed by atoms with Crippen molar-refractivity contribution < 1.29 is 14.5 Å². The lowest BCUT2D eigenvalue weighted by Crippen LogP contribution is -2.14. The van der Waals surface area contributed by atoms with E-state index in [1.54, 1.807) is 42.5 Å². The topological polar surface area (TPSA) is 101 Å². The van der Waals surface area contributed by atoms with Gasteiger partial charge in [0.1, 0.15) is 0 Å². The number of thioether (sulfide) groups is 1. The number of anilines is 2. The van der Waals surface area contributed by atoms with E-state index in [9.17, 15) is 19.7 Å². The van der Waals surface area contributed by atoms with Gasteiger partial charge < -0.3 is 10.6 Å². The number of rotatable bonds is 7. The van der Waals surface area contributed by atoms with Gasteiger partial charge in [0, 0.05) is 33.3 Å². The van der Waals surface area contributed by atoms with Crippen LogP contribution in [0.15, 0.2) is 71.6 Å². The van der Waals surface area contributed by atoms with Crippen LogP contribution in [-0.2, 0) is 4.79 Å². The maximum Gasteiger partial charge on any atom is 0.270 e. The summed E-state index contributed by atoms with van der Waals surface area (Å²) in [7, 11) is 0. The molecule has 0 saturated carbocycles. The number of amides is 2. The third-order valence-corrected chi connectivity index (χ3v) is 5.53. The molecule has 2 amide bonds. The highest BCUT2D eigenvalue weighted by molar-refractivity contribution is 8.00. The van der Waals surface area contributed by atoms with E-state index in [2.05, 4.69) is 10.6 Å². The molecule has 0 spiro atoms. The number of benzene rings is 3. The number of non-ortho nitro benzene ring substituents is 1. The van der Waals surface area contributed by atoms with E-state index < -0.39 is 10.8 Å². The molecule has 158 valence electrons. The van der Waals surface area contributed by atoms with E-state index in [0.29, 0.717) is 21.4 Å². The van der Waals surface area contributed by atoms with Crippen LogP contribution in [0.4, 0.5) is 17.1 Å². The van der Waals surface area contributed by atoms with Crippen molar-refractivity contribution >= 4 is 63.8 Å². The van der Waals surface area contributed by atoms with Gasteiger partial charge in [-0.05, 0) is 42.5 Å². The summed E-state index contributed by atoms with van der Waals surface area (Å²) < 4.78 is 0. The van der Waals surface area contributed by atoms with Crippen LogP contribution in [0, 0.1) is 10.1 Å². The van der Waals surface area contributed by atoms with Crippen molar-refractivity contribution in [3.63, 3.8) is 0 Å². The summed E-state index contributed by atoms with van der Waals surface area (Å²) >= 11 is 13.2. The molecule has 0 aliphatic carbocycles. The molecule has 0 aliphatic rings. The molecule has 10 heteroatoms. The second kappa shape index (κ2) is 10.3. The minimum atomic E-state index is -0.559. The summed E-state index contributed by atoms with van der Waals surface area (Å²) in [5.74, 6) is -0.595. The van der Waals surface area contributed by atoms with Gasteiger partial charge in [0.05, 0.1) is 21.4 Å². The standard InChI is InChI=1S/C21H15Cl2N3O4S/c22-14-7-8-19(18(23)10-14)25-20(27)12-31-17-6-2-4-15(11-17)24-21(28)13-3-1-5-16(9-13)26(29)30/h1-11H,12H2,(H,24,28)(H,25,27). The Bertz CT molecular complexity index is 1160. The minimum absolute atomic E-state index is 0.126. The monoisotopic (exact) mass is 475 g/mol. The lowest BCUT2D eigenvalue weighted by atomic mass is 10.2. The fourth-order valence-electron chi connectivity index (χ4n) is 2.55. The van der Waals surface area contributed by atoms with Crippen molar-refractivity contribution in [2.45, 2.75) is 4.90 Å². The van der Waals surface area contributed by atoms with Gasteiger partial charge in [-0.15, -0.1) is 11.8 Å². The van der Waals surface area contributed by atoms with Gasteiger partial charge in [0.15, 0.2) is 0 Å². The molecular formula is C21H15Cl2N3O4S. The fraction of sp³-hybridized carbons (Fsp3) is 0.0476. The van der Waals surface area contributed by atoms with Crippen LogP contribution in [-0.4, -0.2) is 22.5 Å². The van der Waals surface area contributed by atoms with Crippen LogP contribution < -0.4 is 10.6 Å². The number of nitrogens with zero attached hydrogens (tertiary/aromatic N) is 1. The zero-order valence-electron chi connectivity index (χ0n) is 15.8. The summed E-state index contributed by atoms with van der Waals surface area (Å²) in [6, 6.07) is 17.2. The van der Waals surface area contributed by atoms with Crippen molar-refractivity contribution in [3.8, 4) is 0 Å². The molecule has 0 radical (unpaired) electrons. The Morgan fingerprint density at radius 1 is 0.968 bits per heavy atom. The maximum atomic E-state index is 12.4. The van der Waals surface area contributed by atoms with Gasteiger partial charge in [-0.1, -0.05) is 35.3 Å². The normalized spacial score (nSPS) is 10.4. The molecule has 0 heterocycles. The van der Waals surface area contributed by atoms with E-state index in [1.807, 2.05) is 0 Å². The molecular weight excluding hydrogens is 461 g/mol. The molecule has 2 N–H and O–H groups in total. The Labute approximate surface area is 191 Å². The molecule has 3 rings (SSSR count). The molecule has 3 aromatic rings. The predicted molar refractivity (Wildman–Crippen MR) is 123 cm³/mol. The van der Waals surface area contributed by atoms with E-state index in [1.165, 1.54) is 36.0 Å². The summed E-state index contributed by atoms with van der Waals surface area (Å²) in [4.78, 5) is 35.7. The highest BCUT2D eigenvalue weighted by Gasteiger charge is 2.12. The first kappa shape index (κ1) is 22.6. The number of carbonyl (C=O) groups is 2. The lowest BCUT2D eigenvalue weighted by molar-refractivity contribution is -0.384. The van der Waals surface area contributed by atoms with E-state index in [4.69, 9.17) is 23.2 Å². The van der Waals surface area contributed by atoms with E-state index in [-0.39, 0.29) is 22.9 Å². The molecule has 0 fully saturated rings. The summed E-state index contributed by atoms with van der Waals surface area (Å²) in [5, 5.41) is 17.1. The molecule has 0 bridgehead atoms. The van der Waals surface area contributed by atoms with E-state index in [0.717, 1.165) is 4.90 Å². The average molecular weight is 476 g/mol. The van der Waals surface area contributed by atoms with Crippen LogP contribution in [0.1, 0.15) is 10.4 Å². The average Bonchev–Trinajstić information content (AvgIpc) is 2.74. The largest absolute Gasteiger partial charge is 0.324 e. The number of hydrogen-bond acceptors (Lipinski definition) is 5. The summed E-state index contributed by atoms with van der Waals surface area (Å²) in [6.07, 6.45) is 0. The second-order valence-electron chi connectivity index (χ2n) is 6.25. The first-order valence-electron chi connectivity index (χ1n) is 8.85. The molecule has 0 atom stereocenters. The highest BCUT2D eigenvalue weighted by atomic mass is 35.5. The van der Waals surface area contributed by atoms with Gasteiger partial charge in [0.25, 0.3) is 11.6 Å². The smallest absolute Gasteiger partial charge is 0.270 e. The Balaban J connectivity index is 1.60. The second-order valence-corrected chi connectivity index (χ2v) is 8.14. The van der Waals surface area contributed by atoms with Gasteiger partial charge in [-0.25, -0.2) is 0 Å². The van der Waals surface area contributed by atoms with Crippen molar-refractivity contribution in [2.24, 2.45) is 0 Å². The van der Waals surface area contributed by atoms with Crippen LogP contribution in [0.5, 0.6) is 0 Å². The molecule has 0 saturated heterocycles. The van der Waals surface area contributed by atoms with Crippen LogP contribution in [0.25, 0.3) is 0 Å². The zero-order chi connectivity index (χ0) is 22.4. The number of nitrogens with one attached hydrogen (secondary N) is 2. The number of nitro benzene ring substituents is 1. The van der Waals surface area contributed by atoms with Crippen molar-refractivity contribution in [1.82, 2.24) is 0 Å². The predicted octanol–water partition coefficient (Wildman–Crippen LogP) is 5.88. The van der Waals surface area contributed by atoms with Crippen molar-refractivity contribution in [3.05, 3.63) is 92.5 Å².